The first-order valence-electron chi connectivity index (χ1n) is 6.44. The van der Waals surface area contributed by atoms with Crippen molar-refractivity contribution in [1.29, 1.82) is 0 Å². The van der Waals surface area contributed by atoms with E-state index in [9.17, 15) is 8.42 Å². The minimum atomic E-state index is -3.17. The predicted octanol–water partition coefficient (Wildman–Crippen LogP) is 2.14. The Labute approximate surface area is 110 Å². The highest BCUT2D eigenvalue weighted by atomic mass is 32.2. The molecule has 1 aromatic carbocycles. The SMILES string of the molecule is Cc1cc(C)c(S(=O)(=O)CCNC2CC2)c(C)c1. The maximum atomic E-state index is 12.3. The molecule has 0 saturated heterocycles. The Balaban J connectivity index is 2.17. The summed E-state index contributed by atoms with van der Waals surface area (Å²) in [4.78, 5) is 0.519. The fourth-order valence-electron chi connectivity index (χ4n) is 2.44. The van der Waals surface area contributed by atoms with Crippen LogP contribution in [0.3, 0.4) is 0 Å². The van der Waals surface area contributed by atoms with Gasteiger partial charge >= 0.3 is 0 Å². The molecule has 0 radical (unpaired) electrons. The van der Waals surface area contributed by atoms with E-state index in [-0.39, 0.29) is 5.75 Å². The van der Waals surface area contributed by atoms with Gasteiger partial charge in [-0.25, -0.2) is 8.42 Å². The molecule has 0 heterocycles. The second kappa shape index (κ2) is 5.02. The van der Waals surface area contributed by atoms with Crippen molar-refractivity contribution in [2.24, 2.45) is 0 Å². The van der Waals surface area contributed by atoms with Crippen molar-refractivity contribution in [2.75, 3.05) is 12.3 Å². The lowest BCUT2D eigenvalue weighted by atomic mass is 10.1. The Hall–Kier alpha value is -0.870. The molecule has 0 atom stereocenters. The molecule has 4 heteroatoms. The first-order valence-corrected chi connectivity index (χ1v) is 8.09. The zero-order valence-electron chi connectivity index (χ0n) is 11.3. The van der Waals surface area contributed by atoms with Crippen LogP contribution in [0.1, 0.15) is 29.5 Å². The van der Waals surface area contributed by atoms with Crippen molar-refractivity contribution in [2.45, 2.75) is 44.6 Å². The maximum absolute atomic E-state index is 12.3. The molecule has 1 aliphatic rings. The molecule has 1 saturated carbocycles. The largest absolute Gasteiger partial charge is 0.313 e. The highest BCUT2D eigenvalue weighted by Gasteiger charge is 2.23. The fraction of sp³-hybridized carbons (Fsp3) is 0.571. The van der Waals surface area contributed by atoms with Crippen molar-refractivity contribution >= 4 is 9.84 Å². The lowest BCUT2D eigenvalue weighted by molar-refractivity contribution is 0.589. The molecule has 0 bridgehead atoms. The van der Waals surface area contributed by atoms with Gasteiger partial charge in [-0.2, -0.15) is 0 Å². The molecule has 1 aliphatic carbocycles. The van der Waals surface area contributed by atoms with Gasteiger partial charge in [0.15, 0.2) is 9.84 Å². The summed E-state index contributed by atoms with van der Waals surface area (Å²) in [7, 11) is -3.17. The zero-order valence-corrected chi connectivity index (χ0v) is 12.1. The van der Waals surface area contributed by atoms with Crippen molar-refractivity contribution in [1.82, 2.24) is 5.32 Å². The molecule has 18 heavy (non-hydrogen) atoms. The second-order valence-electron chi connectivity index (χ2n) is 5.28. The van der Waals surface area contributed by atoms with Crippen molar-refractivity contribution in [3.63, 3.8) is 0 Å². The van der Waals surface area contributed by atoms with Gasteiger partial charge in [0.1, 0.15) is 0 Å². The summed E-state index contributed by atoms with van der Waals surface area (Å²) < 4.78 is 24.7. The zero-order chi connectivity index (χ0) is 13.3. The third kappa shape index (κ3) is 3.12. The number of rotatable bonds is 5. The van der Waals surface area contributed by atoms with Crippen LogP contribution in [0.5, 0.6) is 0 Å². The average Bonchev–Trinajstić information content (AvgIpc) is 2.98. The van der Waals surface area contributed by atoms with E-state index in [0.29, 0.717) is 17.5 Å². The highest BCUT2D eigenvalue weighted by Crippen LogP contribution is 2.23. The lowest BCUT2D eigenvalue weighted by Crippen LogP contribution is -2.25. The molecule has 0 spiro atoms. The van der Waals surface area contributed by atoms with E-state index in [4.69, 9.17) is 0 Å². The van der Waals surface area contributed by atoms with Crippen LogP contribution in [0.25, 0.3) is 0 Å². The number of sulfone groups is 1. The summed E-state index contributed by atoms with van der Waals surface area (Å²) in [5.41, 5.74) is 2.83. The molecule has 2 rings (SSSR count). The molecule has 0 unspecified atom stereocenters. The summed E-state index contributed by atoms with van der Waals surface area (Å²) in [5.74, 6) is 0.189. The summed E-state index contributed by atoms with van der Waals surface area (Å²) >= 11 is 0. The average molecular weight is 267 g/mol. The first-order chi connectivity index (χ1) is 8.40. The molecule has 3 nitrogen and oxygen atoms in total. The monoisotopic (exact) mass is 267 g/mol. The minimum Gasteiger partial charge on any atom is -0.313 e. The highest BCUT2D eigenvalue weighted by molar-refractivity contribution is 7.91. The van der Waals surface area contributed by atoms with Gasteiger partial charge in [-0.1, -0.05) is 17.7 Å². The predicted molar refractivity (Wildman–Crippen MR) is 73.7 cm³/mol. The van der Waals surface area contributed by atoms with Gasteiger partial charge in [0.25, 0.3) is 0 Å². The quantitative estimate of drug-likeness (QED) is 0.889. The van der Waals surface area contributed by atoms with Crippen molar-refractivity contribution < 1.29 is 8.42 Å². The first kappa shape index (κ1) is 13.6. The van der Waals surface area contributed by atoms with E-state index in [1.165, 1.54) is 12.8 Å². The topological polar surface area (TPSA) is 46.2 Å². The Kier molecular flexibility index (Phi) is 3.78. The van der Waals surface area contributed by atoms with E-state index in [1.807, 2.05) is 32.9 Å². The third-order valence-electron chi connectivity index (χ3n) is 3.30. The van der Waals surface area contributed by atoms with Crippen molar-refractivity contribution in [3.8, 4) is 0 Å². The van der Waals surface area contributed by atoms with E-state index < -0.39 is 9.84 Å². The Morgan fingerprint density at radius 3 is 2.22 bits per heavy atom. The molecular formula is C14H21NO2S. The maximum Gasteiger partial charge on any atom is 0.180 e. The number of hydrogen-bond acceptors (Lipinski definition) is 3. The van der Waals surface area contributed by atoms with Gasteiger partial charge in [0.05, 0.1) is 10.6 Å². The van der Waals surface area contributed by atoms with Gasteiger partial charge in [0.2, 0.25) is 0 Å². The van der Waals surface area contributed by atoms with E-state index >= 15 is 0 Å². The standard InChI is InChI=1S/C14H21NO2S/c1-10-8-11(2)14(12(3)9-10)18(16,17)7-6-15-13-4-5-13/h8-9,13,15H,4-7H2,1-3H3. The smallest absolute Gasteiger partial charge is 0.180 e. The second-order valence-corrected chi connectivity index (χ2v) is 7.32. The molecule has 1 aromatic rings. The number of benzene rings is 1. The minimum absolute atomic E-state index is 0.189. The Morgan fingerprint density at radius 2 is 1.72 bits per heavy atom. The molecule has 0 aliphatic heterocycles. The number of nitrogens with one attached hydrogen (secondary N) is 1. The van der Waals surface area contributed by atoms with Crippen LogP contribution in [-0.4, -0.2) is 26.8 Å². The van der Waals surface area contributed by atoms with Gasteiger partial charge in [-0.3, -0.25) is 0 Å². The summed E-state index contributed by atoms with van der Waals surface area (Å²) in [6.07, 6.45) is 2.37. The normalized spacial score (nSPS) is 15.9. The molecule has 1 N–H and O–H groups in total. The molecule has 100 valence electrons. The third-order valence-corrected chi connectivity index (χ3v) is 5.30. The molecular weight excluding hydrogens is 246 g/mol. The van der Waals surface area contributed by atoms with Crippen LogP contribution in [-0.2, 0) is 9.84 Å². The molecule has 0 amide bonds. The molecule has 1 fully saturated rings. The lowest BCUT2D eigenvalue weighted by Gasteiger charge is -2.12. The van der Waals surface area contributed by atoms with Gasteiger partial charge in [0, 0.05) is 12.6 Å². The van der Waals surface area contributed by atoms with E-state index in [2.05, 4.69) is 5.32 Å². The molecule has 0 aromatic heterocycles. The summed E-state index contributed by atoms with van der Waals surface area (Å²) in [6, 6.07) is 4.43. The van der Waals surface area contributed by atoms with Crippen LogP contribution in [0, 0.1) is 20.8 Å². The summed E-state index contributed by atoms with van der Waals surface area (Å²) in [5, 5.41) is 3.25. The van der Waals surface area contributed by atoms with Crippen molar-refractivity contribution in [3.05, 3.63) is 28.8 Å². The van der Waals surface area contributed by atoms with Crippen LogP contribution in [0.2, 0.25) is 0 Å². The van der Waals surface area contributed by atoms with Crippen LogP contribution in [0.15, 0.2) is 17.0 Å². The van der Waals surface area contributed by atoms with Crippen LogP contribution >= 0.6 is 0 Å². The van der Waals surface area contributed by atoms with Gasteiger partial charge in [-0.05, 0) is 44.7 Å². The van der Waals surface area contributed by atoms with E-state index in [0.717, 1.165) is 16.7 Å². The Bertz CT molecular complexity index is 522. The van der Waals surface area contributed by atoms with Crippen LogP contribution < -0.4 is 5.32 Å². The van der Waals surface area contributed by atoms with Gasteiger partial charge in [-0.15, -0.1) is 0 Å². The van der Waals surface area contributed by atoms with E-state index in [1.54, 1.807) is 0 Å². The Morgan fingerprint density at radius 1 is 1.17 bits per heavy atom. The number of hydrogen-bond donors (Lipinski definition) is 1. The number of aryl methyl sites for hydroxylation is 3. The van der Waals surface area contributed by atoms with Crippen LogP contribution in [0.4, 0.5) is 0 Å². The summed E-state index contributed by atoms with van der Waals surface area (Å²) in [6.45, 7) is 6.30. The fourth-order valence-corrected chi connectivity index (χ4v) is 4.13. The van der Waals surface area contributed by atoms with Gasteiger partial charge < -0.3 is 5.32 Å².